The van der Waals surface area contributed by atoms with Crippen LogP contribution in [0, 0.1) is 0 Å². The second-order valence-electron chi connectivity index (χ2n) is 4.24. The number of halogens is 4. The molecule has 100 valence electrons. The van der Waals surface area contributed by atoms with Gasteiger partial charge in [-0.25, -0.2) is 0 Å². The minimum Gasteiger partial charge on any atom is -0.493 e. The van der Waals surface area contributed by atoms with E-state index in [4.69, 9.17) is 4.74 Å². The van der Waals surface area contributed by atoms with Crippen molar-refractivity contribution in [2.45, 2.75) is 25.1 Å². The molecule has 18 heavy (non-hydrogen) atoms. The molecule has 0 aromatic heterocycles. The fourth-order valence-corrected chi connectivity index (χ4v) is 2.68. The van der Waals surface area contributed by atoms with Crippen molar-refractivity contribution in [2.75, 3.05) is 13.7 Å². The number of ether oxygens (including phenoxy) is 1. The van der Waals surface area contributed by atoms with Gasteiger partial charge in [0.1, 0.15) is 5.75 Å². The fourth-order valence-electron chi connectivity index (χ4n) is 2.16. The van der Waals surface area contributed by atoms with Gasteiger partial charge in [0.05, 0.1) is 13.0 Å². The maximum atomic E-state index is 12.5. The molecule has 1 aromatic rings. The second kappa shape index (κ2) is 5.09. The Morgan fingerprint density at radius 3 is 2.78 bits per heavy atom. The Kier molecular flexibility index (Phi) is 3.87. The largest absolute Gasteiger partial charge is 0.493 e. The molecule has 6 heteroatoms. The van der Waals surface area contributed by atoms with E-state index in [1.807, 2.05) is 6.07 Å². The molecule has 1 aromatic carbocycles. The zero-order valence-electron chi connectivity index (χ0n) is 9.77. The average molecular weight is 324 g/mol. The summed E-state index contributed by atoms with van der Waals surface area (Å²) in [5, 5.41) is 2.71. The quantitative estimate of drug-likeness (QED) is 0.917. The number of nitrogens with one attached hydrogen (secondary N) is 1. The van der Waals surface area contributed by atoms with E-state index in [-0.39, 0.29) is 0 Å². The number of hydrogen-bond donors (Lipinski definition) is 1. The van der Waals surface area contributed by atoms with Crippen molar-refractivity contribution < 1.29 is 17.9 Å². The molecule has 1 aliphatic heterocycles. The smallest absolute Gasteiger partial charge is 0.390 e. The highest BCUT2D eigenvalue weighted by atomic mass is 79.9. The van der Waals surface area contributed by atoms with E-state index in [0.717, 1.165) is 16.5 Å². The Morgan fingerprint density at radius 2 is 2.17 bits per heavy atom. The minimum atomic E-state index is -4.21. The summed E-state index contributed by atoms with van der Waals surface area (Å²) < 4.78 is 43.9. The van der Waals surface area contributed by atoms with Crippen LogP contribution in [0.2, 0.25) is 0 Å². The molecule has 0 saturated carbocycles. The monoisotopic (exact) mass is 323 g/mol. The summed E-state index contributed by atoms with van der Waals surface area (Å²) in [6.07, 6.45) is -4.37. The van der Waals surface area contributed by atoms with Crippen molar-refractivity contribution in [3.63, 3.8) is 0 Å². The van der Waals surface area contributed by atoms with Crippen molar-refractivity contribution in [1.29, 1.82) is 0 Å². The van der Waals surface area contributed by atoms with E-state index in [1.165, 1.54) is 7.05 Å². The summed E-state index contributed by atoms with van der Waals surface area (Å²) in [6.45, 7) is 0.529. The third-order valence-corrected chi connectivity index (χ3v) is 3.39. The molecular formula is C12H13BrF3NO. The van der Waals surface area contributed by atoms with E-state index in [9.17, 15) is 13.2 Å². The lowest BCUT2D eigenvalue weighted by molar-refractivity contribution is -0.140. The number of benzene rings is 1. The molecule has 0 amide bonds. The van der Waals surface area contributed by atoms with Crippen molar-refractivity contribution in [3.8, 4) is 5.75 Å². The number of alkyl halides is 3. The van der Waals surface area contributed by atoms with Crippen LogP contribution < -0.4 is 10.1 Å². The van der Waals surface area contributed by atoms with Gasteiger partial charge in [-0.05, 0) is 24.7 Å². The van der Waals surface area contributed by atoms with Crippen LogP contribution in [-0.4, -0.2) is 19.8 Å². The van der Waals surface area contributed by atoms with Crippen LogP contribution in [0.5, 0.6) is 5.75 Å². The highest BCUT2D eigenvalue weighted by molar-refractivity contribution is 9.10. The van der Waals surface area contributed by atoms with Crippen molar-refractivity contribution in [1.82, 2.24) is 5.32 Å². The summed E-state index contributed by atoms with van der Waals surface area (Å²) in [5.41, 5.74) is 1.53. The molecule has 1 N–H and O–H groups in total. The Morgan fingerprint density at radius 1 is 1.44 bits per heavy atom. The van der Waals surface area contributed by atoms with Crippen LogP contribution in [0.4, 0.5) is 13.2 Å². The Hall–Kier alpha value is -0.750. The summed E-state index contributed by atoms with van der Waals surface area (Å²) in [7, 11) is 1.53. The number of hydrogen-bond acceptors (Lipinski definition) is 2. The zero-order chi connectivity index (χ0) is 13.3. The predicted octanol–water partition coefficient (Wildman–Crippen LogP) is 3.60. The van der Waals surface area contributed by atoms with Gasteiger partial charge < -0.3 is 10.1 Å². The summed E-state index contributed by atoms with van der Waals surface area (Å²) in [5.74, 6) is 0.599. The van der Waals surface area contributed by atoms with Gasteiger partial charge in [0.25, 0.3) is 0 Å². The van der Waals surface area contributed by atoms with Gasteiger partial charge in [-0.15, -0.1) is 0 Å². The topological polar surface area (TPSA) is 21.3 Å². The first-order valence-corrected chi connectivity index (χ1v) is 6.39. The lowest BCUT2D eigenvalue weighted by Gasteiger charge is -2.21. The number of rotatable bonds is 3. The van der Waals surface area contributed by atoms with E-state index in [2.05, 4.69) is 21.2 Å². The van der Waals surface area contributed by atoms with Gasteiger partial charge in [-0.2, -0.15) is 13.2 Å². The highest BCUT2D eigenvalue weighted by Gasteiger charge is 2.34. The SMILES string of the molecule is CNC(CC(F)(F)F)c1cc(Br)cc2c1OCC2. The van der Waals surface area contributed by atoms with Gasteiger partial charge in [0.2, 0.25) is 0 Å². The lowest BCUT2D eigenvalue weighted by atomic mass is 9.99. The predicted molar refractivity (Wildman–Crippen MR) is 65.8 cm³/mol. The molecule has 0 bridgehead atoms. The summed E-state index contributed by atoms with van der Waals surface area (Å²) in [4.78, 5) is 0. The van der Waals surface area contributed by atoms with Crippen LogP contribution in [0.3, 0.4) is 0 Å². The molecular weight excluding hydrogens is 311 g/mol. The maximum Gasteiger partial charge on any atom is 0.390 e. The first-order valence-electron chi connectivity index (χ1n) is 5.60. The van der Waals surface area contributed by atoms with Gasteiger partial charge in [0, 0.05) is 22.5 Å². The van der Waals surface area contributed by atoms with Gasteiger partial charge in [0.15, 0.2) is 0 Å². The van der Waals surface area contributed by atoms with Crippen molar-refractivity contribution in [3.05, 3.63) is 27.7 Å². The average Bonchev–Trinajstić information content (AvgIpc) is 2.71. The van der Waals surface area contributed by atoms with E-state index in [0.29, 0.717) is 17.9 Å². The maximum absolute atomic E-state index is 12.5. The van der Waals surface area contributed by atoms with Crippen LogP contribution in [-0.2, 0) is 6.42 Å². The van der Waals surface area contributed by atoms with E-state index in [1.54, 1.807) is 6.07 Å². The van der Waals surface area contributed by atoms with Crippen LogP contribution in [0.1, 0.15) is 23.6 Å². The first kappa shape index (κ1) is 13.7. The molecule has 1 unspecified atom stereocenters. The Balaban J connectivity index is 2.36. The van der Waals surface area contributed by atoms with E-state index >= 15 is 0 Å². The van der Waals surface area contributed by atoms with Crippen LogP contribution >= 0.6 is 15.9 Å². The molecule has 1 aliphatic rings. The van der Waals surface area contributed by atoms with Crippen LogP contribution in [0.15, 0.2) is 16.6 Å². The standard InChI is InChI=1S/C12H13BrF3NO/c1-17-10(6-12(14,15)16)9-5-8(13)4-7-2-3-18-11(7)9/h4-5,10,17H,2-3,6H2,1H3. The summed E-state index contributed by atoms with van der Waals surface area (Å²) >= 11 is 3.33. The highest BCUT2D eigenvalue weighted by Crippen LogP contribution is 2.39. The summed E-state index contributed by atoms with van der Waals surface area (Å²) in [6, 6.07) is 2.80. The van der Waals surface area contributed by atoms with Gasteiger partial charge in [-0.1, -0.05) is 15.9 Å². The normalized spacial score (nSPS) is 16.3. The molecule has 0 aliphatic carbocycles. The third kappa shape index (κ3) is 2.98. The molecule has 1 atom stereocenters. The molecule has 0 saturated heterocycles. The fraction of sp³-hybridized carbons (Fsp3) is 0.500. The zero-order valence-corrected chi connectivity index (χ0v) is 11.4. The van der Waals surface area contributed by atoms with Gasteiger partial charge >= 0.3 is 6.18 Å². The Bertz CT molecular complexity index is 448. The Labute approximate surface area is 112 Å². The van der Waals surface area contributed by atoms with Crippen molar-refractivity contribution in [2.24, 2.45) is 0 Å². The minimum absolute atomic E-state index is 0.529. The van der Waals surface area contributed by atoms with Crippen LogP contribution in [0.25, 0.3) is 0 Å². The molecule has 0 radical (unpaired) electrons. The molecule has 1 heterocycles. The van der Waals surface area contributed by atoms with Gasteiger partial charge in [-0.3, -0.25) is 0 Å². The molecule has 0 fully saturated rings. The lowest BCUT2D eigenvalue weighted by Crippen LogP contribution is -2.24. The number of fused-ring (bicyclic) bond motifs is 1. The third-order valence-electron chi connectivity index (χ3n) is 2.94. The first-order chi connectivity index (χ1) is 8.40. The van der Waals surface area contributed by atoms with Crippen molar-refractivity contribution >= 4 is 15.9 Å². The molecule has 2 rings (SSSR count). The van der Waals surface area contributed by atoms with E-state index < -0.39 is 18.6 Å². The molecule has 2 nitrogen and oxygen atoms in total. The second-order valence-corrected chi connectivity index (χ2v) is 5.16. The molecule has 0 spiro atoms.